The molecule has 0 fully saturated rings. The van der Waals surface area contributed by atoms with Crippen molar-refractivity contribution in [3.8, 4) is 0 Å². The summed E-state index contributed by atoms with van der Waals surface area (Å²) in [5.74, 6) is -0.225. The largest absolute Gasteiger partial charge is 0.472 e. The van der Waals surface area contributed by atoms with Crippen molar-refractivity contribution in [3.63, 3.8) is 0 Å². The number of amides is 1. The summed E-state index contributed by atoms with van der Waals surface area (Å²) in [4.78, 5) is 23.3. The number of aliphatic hydroxyl groups is 1. The van der Waals surface area contributed by atoms with E-state index in [1.165, 1.54) is 83.5 Å². The van der Waals surface area contributed by atoms with E-state index in [1.54, 1.807) is 6.08 Å². The second kappa shape index (κ2) is 57.8. The highest BCUT2D eigenvalue weighted by atomic mass is 31.2. The molecule has 3 atom stereocenters. The SMILES string of the molecule is CC/C=C\C/C=C\C/C=C\C/C=C\C/C=C\C/C=C\C/C=C\C/C=C\C/C=C\C/C=C\C/C=C\CCCCCC(=O)NC(COP(=O)(O)OCC[N+](C)(C)C)C(O)/C=C/CC/C=C/CCCCCCCCCCCCCCC. The Morgan fingerprint density at radius 1 is 0.449 bits per heavy atom. The number of hydrogen-bond donors (Lipinski definition) is 3. The van der Waals surface area contributed by atoms with Crippen molar-refractivity contribution in [2.24, 2.45) is 0 Å². The molecule has 8 nitrogen and oxygen atoms in total. The van der Waals surface area contributed by atoms with Crippen LogP contribution in [0.4, 0.5) is 0 Å². The average molecular weight is 1100 g/mol. The maximum atomic E-state index is 13.0. The number of nitrogens with one attached hydrogen (secondary N) is 1. The van der Waals surface area contributed by atoms with Gasteiger partial charge in [-0.2, -0.15) is 0 Å². The van der Waals surface area contributed by atoms with Crippen LogP contribution in [-0.2, 0) is 18.4 Å². The van der Waals surface area contributed by atoms with Crippen molar-refractivity contribution in [3.05, 3.63) is 158 Å². The predicted molar refractivity (Wildman–Crippen MR) is 340 cm³/mol. The number of allylic oxidation sites excluding steroid dienone is 25. The van der Waals surface area contributed by atoms with Crippen LogP contribution in [0.2, 0.25) is 0 Å². The van der Waals surface area contributed by atoms with E-state index in [0.717, 1.165) is 109 Å². The summed E-state index contributed by atoms with van der Waals surface area (Å²) in [5.41, 5.74) is 0. The van der Waals surface area contributed by atoms with Crippen molar-refractivity contribution >= 4 is 13.7 Å². The molecule has 0 aromatic carbocycles. The molecular weight excluding hydrogens is 984 g/mol. The number of aliphatic hydroxyl groups excluding tert-OH is 1. The number of likely N-dealkylation sites (N-methyl/N-ethyl adjacent to an activating group) is 1. The number of phosphoric ester groups is 1. The lowest BCUT2D eigenvalue weighted by atomic mass is 10.0. The average Bonchev–Trinajstić information content (AvgIpc) is 3.41. The lowest BCUT2D eigenvalue weighted by Crippen LogP contribution is -2.45. The number of phosphoric acid groups is 1. The monoisotopic (exact) mass is 1100 g/mol. The highest BCUT2D eigenvalue weighted by Crippen LogP contribution is 2.43. The lowest BCUT2D eigenvalue weighted by Gasteiger charge is -2.25. The molecule has 0 aliphatic carbocycles. The molecule has 0 aromatic heterocycles. The summed E-state index contributed by atoms with van der Waals surface area (Å²) in [7, 11) is 1.51. The Morgan fingerprint density at radius 2 is 0.782 bits per heavy atom. The molecule has 0 radical (unpaired) electrons. The fraction of sp³-hybridized carbons (Fsp3) is 0.609. The normalized spacial score (nSPS) is 14.9. The first-order valence-corrected chi connectivity index (χ1v) is 32.4. The second-order valence-electron chi connectivity index (χ2n) is 21.3. The van der Waals surface area contributed by atoms with Crippen molar-refractivity contribution in [2.75, 3.05) is 40.9 Å². The number of quaternary nitrogens is 1. The topological polar surface area (TPSA) is 105 Å². The lowest BCUT2D eigenvalue weighted by molar-refractivity contribution is -0.870. The van der Waals surface area contributed by atoms with E-state index in [4.69, 9.17) is 9.05 Å². The molecule has 0 rings (SSSR count). The molecule has 0 spiro atoms. The van der Waals surface area contributed by atoms with Gasteiger partial charge in [0.15, 0.2) is 0 Å². The molecule has 3 unspecified atom stereocenters. The molecule has 0 aliphatic heterocycles. The fourth-order valence-electron chi connectivity index (χ4n) is 7.94. The van der Waals surface area contributed by atoms with Gasteiger partial charge >= 0.3 is 7.82 Å². The minimum absolute atomic E-state index is 0.0406. The van der Waals surface area contributed by atoms with Gasteiger partial charge in [0, 0.05) is 6.42 Å². The fourth-order valence-corrected chi connectivity index (χ4v) is 8.68. The van der Waals surface area contributed by atoms with Crippen LogP contribution >= 0.6 is 7.82 Å². The van der Waals surface area contributed by atoms with Crippen LogP contribution in [0.5, 0.6) is 0 Å². The summed E-state index contributed by atoms with van der Waals surface area (Å²) in [6, 6.07) is -0.894. The van der Waals surface area contributed by atoms with Crippen molar-refractivity contribution in [2.45, 2.75) is 231 Å². The van der Waals surface area contributed by atoms with Crippen molar-refractivity contribution < 1.29 is 32.9 Å². The van der Waals surface area contributed by atoms with Crippen LogP contribution in [0, 0.1) is 0 Å². The van der Waals surface area contributed by atoms with E-state index in [9.17, 15) is 19.4 Å². The molecule has 9 heteroatoms. The van der Waals surface area contributed by atoms with E-state index < -0.39 is 20.0 Å². The van der Waals surface area contributed by atoms with Crippen molar-refractivity contribution in [1.29, 1.82) is 0 Å². The minimum Gasteiger partial charge on any atom is -0.387 e. The maximum absolute atomic E-state index is 13.0. The quantitative estimate of drug-likeness (QED) is 0.0243. The zero-order valence-electron chi connectivity index (χ0n) is 50.3. The van der Waals surface area contributed by atoms with Crippen LogP contribution in [0.3, 0.4) is 0 Å². The number of carbonyl (C=O) groups excluding carboxylic acids is 1. The Bertz CT molecular complexity index is 1820. The molecule has 0 aliphatic rings. The summed E-state index contributed by atoms with van der Waals surface area (Å²) < 4.78 is 23.7. The van der Waals surface area contributed by atoms with Gasteiger partial charge in [0.05, 0.1) is 39.9 Å². The smallest absolute Gasteiger partial charge is 0.387 e. The zero-order chi connectivity index (χ0) is 57.0. The van der Waals surface area contributed by atoms with E-state index in [-0.39, 0.29) is 19.1 Å². The summed E-state index contributed by atoms with van der Waals surface area (Å²) >= 11 is 0. The van der Waals surface area contributed by atoms with Gasteiger partial charge in [0.2, 0.25) is 5.91 Å². The van der Waals surface area contributed by atoms with Crippen LogP contribution < -0.4 is 5.32 Å². The number of hydrogen-bond acceptors (Lipinski definition) is 5. The minimum atomic E-state index is -4.38. The molecule has 0 aromatic rings. The maximum Gasteiger partial charge on any atom is 0.472 e. The van der Waals surface area contributed by atoms with Gasteiger partial charge in [0.1, 0.15) is 13.2 Å². The Kier molecular flexibility index (Phi) is 54.9. The van der Waals surface area contributed by atoms with Gasteiger partial charge < -0.3 is 19.8 Å². The zero-order valence-corrected chi connectivity index (χ0v) is 51.2. The summed E-state index contributed by atoms with van der Waals surface area (Å²) in [6.07, 6.45) is 90.7. The Morgan fingerprint density at radius 3 is 1.18 bits per heavy atom. The van der Waals surface area contributed by atoms with Crippen LogP contribution in [0.1, 0.15) is 219 Å². The molecule has 0 saturated heterocycles. The highest BCUT2D eigenvalue weighted by molar-refractivity contribution is 7.47. The van der Waals surface area contributed by atoms with Gasteiger partial charge in [-0.25, -0.2) is 4.57 Å². The van der Waals surface area contributed by atoms with Gasteiger partial charge in [-0.15, -0.1) is 0 Å². The highest BCUT2D eigenvalue weighted by Gasteiger charge is 2.27. The second-order valence-corrected chi connectivity index (χ2v) is 22.8. The summed E-state index contributed by atoms with van der Waals surface area (Å²) in [5, 5.41) is 13.9. The van der Waals surface area contributed by atoms with E-state index in [2.05, 4.69) is 165 Å². The molecule has 1 amide bonds. The van der Waals surface area contributed by atoms with Crippen LogP contribution in [0.25, 0.3) is 0 Å². The Labute approximate surface area is 480 Å². The van der Waals surface area contributed by atoms with E-state index in [1.807, 2.05) is 27.2 Å². The molecule has 0 heterocycles. The third-order valence-electron chi connectivity index (χ3n) is 12.7. The first kappa shape index (κ1) is 74.1. The first-order valence-electron chi connectivity index (χ1n) is 30.9. The Balaban J connectivity index is 4.31. The third kappa shape index (κ3) is 59.8. The number of carbonyl (C=O) groups is 1. The standard InChI is InChI=1S/C69H115N2O6P/c1-6-8-10-12-14-16-18-20-22-24-26-27-28-29-30-31-32-33-34-35-36-37-38-39-40-41-42-43-45-47-49-51-53-55-57-59-61-63-69(73)70-67(66-77-78(74,75)76-65-64-71(3,4)5)68(72)62-60-58-56-54-52-50-48-46-44-25-23-21-19-17-15-13-11-9-7-2/h8,10,14,16,20,22,26-27,29-30,32-33,35-36,38-39,41-42,45,47,51-54,60,62,67-68,72H,6-7,9,11-13,15,17-19,21,23-25,28,31,34,37,40,43-44,46,48-50,55-59,61,63-66H2,1-5H3,(H-,70,73,74,75)/p+1/b10-8-,16-14-,22-20-,27-26-,30-29-,33-32-,36-35-,39-38-,42-41-,47-45-,53-51-,54-52+,62-60+. The first-order chi connectivity index (χ1) is 38.0. The molecule has 442 valence electrons. The Hall–Kier alpha value is -3.88. The third-order valence-corrected chi connectivity index (χ3v) is 13.7. The van der Waals surface area contributed by atoms with Crippen LogP contribution in [0.15, 0.2) is 158 Å². The predicted octanol–water partition coefficient (Wildman–Crippen LogP) is 19.4. The summed E-state index contributed by atoms with van der Waals surface area (Å²) in [6.45, 7) is 4.64. The molecule has 0 saturated carbocycles. The molecular formula is C69H116N2O6P+. The van der Waals surface area contributed by atoms with Crippen LogP contribution in [-0.4, -0.2) is 73.4 Å². The van der Waals surface area contributed by atoms with Gasteiger partial charge in [-0.3, -0.25) is 13.8 Å². The number of rotatable bonds is 54. The van der Waals surface area contributed by atoms with Gasteiger partial charge in [-0.05, 0) is 116 Å². The van der Waals surface area contributed by atoms with Gasteiger partial charge in [0.25, 0.3) is 0 Å². The number of nitrogens with zero attached hydrogens (tertiary/aromatic N) is 1. The van der Waals surface area contributed by atoms with E-state index >= 15 is 0 Å². The molecule has 3 N–H and O–H groups in total. The number of unbranched alkanes of at least 4 members (excludes halogenated alkanes) is 17. The van der Waals surface area contributed by atoms with Gasteiger partial charge in [-0.1, -0.05) is 255 Å². The molecule has 0 bridgehead atoms. The van der Waals surface area contributed by atoms with E-state index in [0.29, 0.717) is 23.9 Å². The van der Waals surface area contributed by atoms with Crippen molar-refractivity contribution in [1.82, 2.24) is 5.32 Å². The molecule has 78 heavy (non-hydrogen) atoms.